The molecule has 8 nitrogen and oxygen atoms in total. The highest BCUT2D eigenvalue weighted by atomic mass is 79.9. The van der Waals surface area contributed by atoms with Crippen molar-refractivity contribution < 1.29 is 23.9 Å². The average molecular weight is 627 g/mol. The third-order valence-corrected chi connectivity index (χ3v) is 6.12. The summed E-state index contributed by atoms with van der Waals surface area (Å²) >= 11 is 6.83. The Morgan fingerprint density at radius 3 is 2.08 bits per heavy atom. The normalized spacial score (nSPS) is 10.7. The largest absolute Gasteiger partial charge is 0.481 e. The van der Waals surface area contributed by atoms with Crippen LogP contribution in [-0.4, -0.2) is 31.5 Å². The van der Waals surface area contributed by atoms with Crippen LogP contribution < -0.4 is 15.4 Å². The molecule has 37 heavy (non-hydrogen) atoms. The molecule has 188 valence electrons. The van der Waals surface area contributed by atoms with Crippen LogP contribution in [0.3, 0.4) is 0 Å². The Morgan fingerprint density at radius 1 is 0.946 bits per heavy atom. The number of aryl methyl sites for hydroxylation is 1. The third-order valence-electron chi connectivity index (χ3n) is 4.94. The van der Waals surface area contributed by atoms with Crippen molar-refractivity contribution in [1.82, 2.24) is 0 Å². The van der Waals surface area contributed by atoms with E-state index < -0.39 is 11.9 Å². The van der Waals surface area contributed by atoms with Gasteiger partial charge in [0.05, 0.1) is 21.6 Å². The maximum Gasteiger partial charge on any atom is 0.337 e. The van der Waals surface area contributed by atoms with Gasteiger partial charge in [-0.3, -0.25) is 9.59 Å². The Balaban J connectivity index is 1.67. The Kier molecular flexibility index (Phi) is 9.60. The number of ether oxygens (including phenoxy) is 2. The fraction of sp³-hybridized carbons (Fsp3) is 0.111. The number of amides is 2. The summed E-state index contributed by atoms with van der Waals surface area (Å²) in [6, 6.07) is 18.7. The molecule has 0 aromatic heterocycles. The van der Waals surface area contributed by atoms with Gasteiger partial charge in [0, 0.05) is 11.4 Å². The number of nitrogens with zero attached hydrogens (tertiary/aromatic N) is 1. The molecule has 3 aromatic rings. The smallest absolute Gasteiger partial charge is 0.337 e. The summed E-state index contributed by atoms with van der Waals surface area (Å²) in [6.45, 7) is 1.74. The first kappa shape index (κ1) is 27.6. The van der Waals surface area contributed by atoms with Crippen LogP contribution in [-0.2, 0) is 14.3 Å². The molecule has 0 atom stereocenters. The van der Waals surface area contributed by atoms with Crippen molar-refractivity contribution in [1.29, 1.82) is 5.26 Å². The summed E-state index contributed by atoms with van der Waals surface area (Å²) in [5.41, 5.74) is 2.90. The van der Waals surface area contributed by atoms with Gasteiger partial charge in [-0.15, -0.1) is 0 Å². The van der Waals surface area contributed by atoms with Gasteiger partial charge < -0.3 is 20.1 Å². The first-order chi connectivity index (χ1) is 17.7. The molecule has 0 fully saturated rings. The van der Waals surface area contributed by atoms with Gasteiger partial charge in [-0.1, -0.05) is 17.7 Å². The second-order valence-electron chi connectivity index (χ2n) is 7.71. The van der Waals surface area contributed by atoms with Crippen LogP contribution in [0.25, 0.3) is 6.08 Å². The second-order valence-corrected chi connectivity index (χ2v) is 9.42. The molecule has 0 radical (unpaired) electrons. The Bertz CT molecular complexity index is 1370. The highest BCUT2D eigenvalue weighted by molar-refractivity contribution is 9.11. The number of nitrogens with one attached hydrogen (secondary N) is 2. The molecule has 2 amide bonds. The molecule has 3 rings (SSSR count). The van der Waals surface area contributed by atoms with E-state index in [4.69, 9.17) is 4.74 Å². The molecule has 0 spiro atoms. The average Bonchev–Trinajstić information content (AvgIpc) is 2.88. The monoisotopic (exact) mass is 625 g/mol. The molecular weight excluding hydrogens is 606 g/mol. The Labute approximate surface area is 230 Å². The zero-order valence-corrected chi connectivity index (χ0v) is 23.0. The molecule has 0 heterocycles. The van der Waals surface area contributed by atoms with Gasteiger partial charge >= 0.3 is 5.97 Å². The summed E-state index contributed by atoms with van der Waals surface area (Å²) in [5.74, 6) is -1.04. The van der Waals surface area contributed by atoms with Crippen LogP contribution in [0.15, 0.2) is 75.2 Å². The lowest BCUT2D eigenvalue weighted by molar-refractivity contribution is -0.118. The van der Waals surface area contributed by atoms with Crippen LogP contribution in [0.1, 0.15) is 21.5 Å². The van der Waals surface area contributed by atoms with Crippen molar-refractivity contribution in [3.05, 3.63) is 91.9 Å². The van der Waals surface area contributed by atoms with E-state index in [-0.39, 0.29) is 18.1 Å². The SMILES string of the molecule is COC(=O)c1ccc(NC(=O)/C(C#N)=C/c2cc(Br)c(OCC(=O)Nc3ccc(C)cc3)c(Br)c2)cc1. The number of benzene rings is 3. The lowest BCUT2D eigenvalue weighted by atomic mass is 10.1. The number of rotatable bonds is 8. The third kappa shape index (κ3) is 7.77. The predicted molar refractivity (Wildman–Crippen MR) is 147 cm³/mol. The highest BCUT2D eigenvalue weighted by Gasteiger charge is 2.14. The molecule has 10 heteroatoms. The number of nitriles is 1. The lowest BCUT2D eigenvalue weighted by Gasteiger charge is -2.12. The molecule has 0 aliphatic heterocycles. The molecule has 2 N–H and O–H groups in total. The molecule has 3 aromatic carbocycles. The van der Waals surface area contributed by atoms with E-state index in [9.17, 15) is 19.6 Å². The zero-order chi connectivity index (χ0) is 26.9. The van der Waals surface area contributed by atoms with Crippen molar-refractivity contribution in [2.75, 3.05) is 24.4 Å². The summed E-state index contributed by atoms with van der Waals surface area (Å²) in [7, 11) is 1.28. The minimum Gasteiger partial charge on any atom is -0.481 e. The number of carbonyl (C=O) groups is 3. The van der Waals surface area contributed by atoms with Gasteiger partial charge in [0.25, 0.3) is 11.8 Å². The van der Waals surface area contributed by atoms with Crippen LogP contribution in [0.5, 0.6) is 5.75 Å². The van der Waals surface area contributed by atoms with Gasteiger partial charge in [-0.25, -0.2) is 4.79 Å². The number of carbonyl (C=O) groups excluding carboxylic acids is 3. The molecule has 0 saturated carbocycles. The number of halogens is 2. The highest BCUT2D eigenvalue weighted by Crippen LogP contribution is 2.35. The van der Waals surface area contributed by atoms with E-state index in [1.54, 1.807) is 24.3 Å². The summed E-state index contributed by atoms with van der Waals surface area (Å²) < 4.78 is 11.4. The van der Waals surface area contributed by atoms with Crippen molar-refractivity contribution in [3.63, 3.8) is 0 Å². The van der Waals surface area contributed by atoms with Crippen LogP contribution in [0, 0.1) is 18.3 Å². The van der Waals surface area contributed by atoms with E-state index in [1.165, 1.54) is 37.5 Å². The van der Waals surface area contributed by atoms with Crippen LogP contribution in [0.4, 0.5) is 11.4 Å². The predicted octanol–water partition coefficient (Wildman–Crippen LogP) is 5.87. The van der Waals surface area contributed by atoms with Crippen LogP contribution in [0.2, 0.25) is 0 Å². The molecule has 0 bridgehead atoms. The fourth-order valence-corrected chi connectivity index (χ4v) is 4.54. The number of hydrogen-bond donors (Lipinski definition) is 2. The molecule has 0 unspecified atom stereocenters. The summed E-state index contributed by atoms with van der Waals surface area (Å²) in [4.78, 5) is 36.4. The number of hydrogen-bond acceptors (Lipinski definition) is 6. The summed E-state index contributed by atoms with van der Waals surface area (Å²) in [5, 5.41) is 14.9. The van der Waals surface area contributed by atoms with Crippen LogP contribution >= 0.6 is 31.9 Å². The molecule has 0 saturated heterocycles. The van der Waals surface area contributed by atoms with E-state index in [0.29, 0.717) is 37.2 Å². The number of anilines is 2. The first-order valence-corrected chi connectivity index (χ1v) is 12.4. The van der Waals surface area contributed by atoms with E-state index >= 15 is 0 Å². The summed E-state index contributed by atoms with van der Waals surface area (Å²) in [6.07, 6.45) is 1.42. The van der Waals surface area contributed by atoms with Gasteiger partial charge in [0.1, 0.15) is 17.4 Å². The first-order valence-electron chi connectivity index (χ1n) is 10.8. The van der Waals surface area contributed by atoms with Gasteiger partial charge in [-0.2, -0.15) is 5.26 Å². The van der Waals surface area contributed by atoms with Crippen molar-refractivity contribution in [3.8, 4) is 11.8 Å². The lowest BCUT2D eigenvalue weighted by Crippen LogP contribution is -2.20. The van der Waals surface area contributed by atoms with E-state index in [0.717, 1.165) is 5.56 Å². The number of methoxy groups -OCH3 is 1. The maximum atomic E-state index is 12.6. The molecular formula is C27H21Br2N3O5. The Hall–Kier alpha value is -3.94. The van der Waals surface area contributed by atoms with Crippen molar-refractivity contribution in [2.45, 2.75) is 6.92 Å². The van der Waals surface area contributed by atoms with Gasteiger partial charge in [-0.05, 0) is 99.0 Å². The minimum absolute atomic E-state index is 0.137. The van der Waals surface area contributed by atoms with Gasteiger partial charge in [0.15, 0.2) is 6.61 Å². The topological polar surface area (TPSA) is 118 Å². The van der Waals surface area contributed by atoms with E-state index in [1.807, 2.05) is 25.1 Å². The minimum atomic E-state index is -0.617. The molecule has 0 aliphatic rings. The Morgan fingerprint density at radius 2 is 1.51 bits per heavy atom. The van der Waals surface area contributed by atoms with Gasteiger partial charge in [0.2, 0.25) is 0 Å². The van der Waals surface area contributed by atoms with Crippen molar-refractivity contribution in [2.24, 2.45) is 0 Å². The number of esters is 1. The quantitative estimate of drug-likeness (QED) is 0.183. The fourth-order valence-electron chi connectivity index (χ4n) is 3.09. The zero-order valence-electron chi connectivity index (χ0n) is 19.8. The van der Waals surface area contributed by atoms with E-state index in [2.05, 4.69) is 47.2 Å². The maximum absolute atomic E-state index is 12.6. The standard InChI is InChI=1S/C27H21Br2N3O5/c1-16-3-7-20(8-4-16)31-24(33)15-37-25-22(28)12-17(13-23(25)29)11-19(14-30)26(34)32-21-9-5-18(6-10-21)27(35)36-2/h3-13H,15H2,1-2H3,(H,31,33)(H,32,34)/b19-11+. The second kappa shape index (κ2) is 12.9. The van der Waals surface area contributed by atoms with Crippen molar-refractivity contribution >= 4 is 67.1 Å². The molecule has 0 aliphatic carbocycles.